The van der Waals surface area contributed by atoms with E-state index in [2.05, 4.69) is 10.3 Å². The third-order valence-corrected chi connectivity index (χ3v) is 3.45. The van der Waals surface area contributed by atoms with Crippen molar-refractivity contribution in [3.8, 4) is 0 Å². The minimum absolute atomic E-state index is 0.0755. The van der Waals surface area contributed by atoms with E-state index in [-0.39, 0.29) is 24.3 Å². The van der Waals surface area contributed by atoms with E-state index < -0.39 is 0 Å². The first-order valence-electron chi connectivity index (χ1n) is 5.68. The molecule has 17 heavy (non-hydrogen) atoms. The second-order valence-corrected chi connectivity index (χ2v) is 4.93. The number of thiazole rings is 1. The molecule has 2 amide bonds. The van der Waals surface area contributed by atoms with E-state index in [9.17, 15) is 9.59 Å². The fourth-order valence-corrected chi connectivity index (χ4v) is 2.42. The first kappa shape index (κ1) is 12.2. The maximum Gasteiger partial charge on any atom is 0.246 e. The molecule has 0 bridgehead atoms. The van der Waals surface area contributed by atoms with E-state index in [0.29, 0.717) is 13.1 Å². The number of nitrogens with one attached hydrogen (secondary N) is 1. The van der Waals surface area contributed by atoms with Crippen LogP contribution in [-0.4, -0.2) is 34.3 Å². The molecule has 1 atom stereocenters. The summed E-state index contributed by atoms with van der Waals surface area (Å²) >= 11 is 1.54. The van der Waals surface area contributed by atoms with Crippen LogP contribution in [0.4, 0.5) is 0 Å². The Bertz CT molecular complexity index is 405. The fourth-order valence-electron chi connectivity index (χ4n) is 1.85. The highest BCUT2D eigenvalue weighted by Crippen LogP contribution is 2.14. The number of hydrogen-bond donors (Lipinski definition) is 1. The van der Waals surface area contributed by atoms with Crippen molar-refractivity contribution in [2.75, 3.05) is 6.54 Å². The van der Waals surface area contributed by atoms with Gasteiger partial charge in [0.05, 0.1) is 12.5 Å². The lowest BCUT2D eigenvalue weighted by molar-refractivity contribution is -0.138. The number of likely N-dealkylation sites (tertiary alicyclic amines) is 1. The molecule has 1 aromatic rings. The van der Waals surface area contributed by atoms with Crippen LogP contribution in [0, 0.1) is 0 Å². The lowest BCUT2D eigenvalue weighted by atomic mass is 10.2. The summed E-state index contributed by atoms with van der Waals surface area (Å²) in [5.41, 5.74) is 0. The first-order valence-corrected chi connectivity index (χ1v) is 6.56. The molecule has 0 aromatic carbocycles. The van der Waals surface area contributed by atoms with Gasteiger partial charge < -0.3 is 0 Å². The van der Waals surface area contributed by atoms with Crippen molar-refractivity contribution in [2.45, 2.75) is 32.4 Å². The summed E-state index contributed by atoms with van der Waals surface area (Å²) in [4.78, 5) is 29.0. The van der Waals surface area contributed by atoms with Crippen LogP contribution in [0.15, 0.2) is 11.6 Å². The standard InChI is InChI=1S/C11H15N3O2S/c1-2-4-14-10(15)6-8(11(14)16)13-7-9-12-3-5-17-9/h3,5,8,13H,2,4,6-7H2,1H3. The Kier molecular flexibility index (Phi) is 3.86. The van der Waals surface area contributed by atoms with Gasteiger partial charge in [0.1, 0.15) is 5.01 Å². The summed E-state index contributed by atoms with van der Waals surface area (Å²) < 4.78 is 0. The molecule has 2 heterocycles. The van der Waals surface area contributed by atoms with Crippen LogP contribution < -0.4 is 5.32 Å². The lowest BCUT2D eigenvalue weighted by Crippen LogP contribution is -2.38. The Balaban J connectivity index is 1.90. The van der Waals surface area contributed by atoms with Crippen molar-refractivity contribution >= 4 is 23.2 Å². The quantitative estimate of drug-likeness (QED) is 0.787. The number of carbonyl (C=O) groups is 2. The second-order valence-electron chi connectivity index (χ2n) is 3.95. The van der Waals surface area contributed by atoms with Gasteiger partial charge in [-0.25, -0.2) is 4.98 Å². The minimum atomic E-state index is -0.377. The molecule has 1 unspecified atom stereocenters. The van der Waals surface area contributed by atoms with Crippen molar-refractivity contribution in [3.05, 3.63) is 16.6 Å². The summed E-state index contributed by atoms with van der Waals surface area (Å²) in [5, 5.41) is 5.91. The van der Waals surface area contributed by atoms with E-state index in [1.165, 1.54) is 16.2 Å². The molecule has 0 aliphatic carbocycles. The van der Waals surface area contributed by atoms with Crippen LogP contribution in [0.3, 0.4) is 0 Å². The normalized spacial score (nSPS) is 20.3. The zero-order valence-electron chi connectivity index (χ0n) is 9.68. The molecule has 1 N–H and O–H groups in total. The number of hydrogen-bond acceptors (Lipinski definition) is 5. The molecule has 1 aliphatic rings. The molecule has 1 fully saturated rings. The Hall–Kier alpha value is -1.27. The Morgan fingerprint density at radius 1 is 1.59 bits per heavy atom. The number of aromatic nitrogens is 1. The average Bonchev–Trinajstić information content (AvgIpc) is 2.90. The number of imide groups is 1. The number of amides is 2. The first-order chi connectivity index (χ1) is 8.22. The van der Waals surface area contributed by atoms with Gasteiger partial charge in [0, 0.05) is 24.7 Å². The fraction of sp³-hybridized carbons (Fsp3) is 0.545. The molecule has 0 saturated carbocycles. The molecule has 1 aromatic heterocycles. The third kappa shape index (κ3) is 2.70. The summed E-state index contributed by atoms with van der Waals surface area (Å²) in [6.45, 7) is 3.02. The number of nitrogens with zero attached hydrogens (tertiary/aromatic N) is 2. The molecule has 2 rings (SSSR count). The van der Waals surface area contributed by atoms with Gasteiger partial charge in [-0.2, -0.15) is 0 Å². The van der Waals surface area contributed by atoms with Gasteiger partial charge in [-0.3, -0.25) is 19.8 Å². The van der Waals surface area contributed by atoms with Crippen molar-refractivity contribution in [1.82, 2.24) is 15.2 Å². The van der Waals surface area contributed by atoms with E-state index in [0.717, 1.165) is 11.4 Å². The summed E-state index contributed by atoms with van der Waals surface area (Å²) in [6, 6.07) is -0.377. The van der Waals surface area contributed by atoms with Gasteiger partial charge in [0.15, 0.2) is 0 Å². The SMILES string of the molecule is CCCN1C(=O)CC(NCc2nccs2)C1=O. The van der Waals surface area contributed by atoms with Crippen LogP contribution in [0.25, 0.3) is 0 Å². The van der Waals surface area contributed by atoms with Crippen LogP contribution in [0.2, 0.25) is 0 Å². The molecule has 0 spiro atoms. The predicted octanol–water partition coefficient (Wildman–Crippen LogP) is 0.770. The average molecular weight is 253 g/mol. The monoisotopic (exact) mass is 253 g/mol. The highest BCUT2D eigenvalue weighted by Gasteiger charge is 2.37. The third-order valence-electron chi connectivity index (χ3n) is 2.67. The molecular weight excluding hydrogens is 238 g/mol. The molecular formula is C11H15N3O2S. The van der Waals surface area contributed by atoms with Gasteiger partial charge >= 0.3 is 0 Å². The molecule has 0 radical (unpaired) electrons. The van der Waals surface area contributed by atoms with Crippen LogP contribution in [-0.2, 0) is 16.1 Å². The Morgan fingerprint density at radius 3 is 3.06 bits per heavy atom. The van der Waals surface area contributed by atoms with Crippen molar-refractivity contribution < 1.29 is 9.59 Å². The van der Waals surface area contributed by atoms with Gasteiger partial charge in [-0.05, 0) is 6.42 Å². The van der Waals surface area contributed by atoms with Gasteiger partial charge in [0.2, 0.25) is 11.8 Å². The van der Waals surface area contributed by atoms with E-state index in [1.54, 1.807) is 6.20 Å². The van der Waals surface area contributed by atoms with Crippen LogP contribution in [0.1, 0.15) is 24.8 Å². The molecule has 6 heteroatoms. The van der Waals surface area contributed by atoms with Crippen LogP contribution >= 0.6 is 11.3 Å². The highest BCUT2D eigenvalue weighted by molar-refractivity contribution is 7.09. The summed E-state index contributed by atoms with van der Waals surface area (Å²) in [5.74, 6) is -0.179. The van der Waals surface area contributed by atoms with Gasteiger partial charge in [-0.15, -0.1) is 11.3 Å². The van der Waals surface area contributed by atoms with E-state index in [1.807, 2.05) is 12.3 Å². The minimum Gasteiger partial charge on any atom is -0.299 e. The molecule has 92 valence electrons. The van der Waals surface area contributed by atoms with Gasteiger partial charge in [0.25, 0.3) is 0 Å². The zero-order chi connectivity index (χ0) is 12.3. The van der Waals surface area contributed by atoms with Crippen molar-refractivity contribution in [1.29, 1.82) is 0 Å². The smallest absolute Gasteiger partial charge is 0.246 e. The zero-order valence-corrected chi connectivity index (χ0v) is 10.5. The van der Waals surface area contributed by atoms with Crippen molar-refractivity contribution in [3.63, 3.8) is 0 Å². The molecule has 5 nitrogen and oxygen atoms in total. The van der Waals surface area contributed by atoms with Crippen LogP contribution in [0.5, 0.6) is 0 Å². The van der Waals surface area contributed by atoms with Crippen molar-refractivity contribution in [2.24, 2.45) is 0 Å². The summed E-state index contributed by atoms with van der Waals surface area (Å²) in [7, 11) is 0. The Labute approximate surface area is 104 Å². The maximum absolute atomic E-state index is 11.9. The second kappa shape index (κ2) is 5.37. The largest absolute Gasteiger partial charge is 0.299 e. The van der Waals surface area contributed by atoms with Gasteiger partial charge in [-0.1, -0.05) is 6.92 Å². The summed E-state index contributed by atoms with van der Waals surface area (Å²) in [6.07, 6.45) is 2.80. The Morgan fingerprint density at radius 2 is 2.41 bits per heavy atom. The van der Waals surface area contributed by atoms with E-state index in [4.69, 9.17) is 0 Å². The molecule has 1 saturated heterocycles. The van der Waals surface area contributed by atoms with E-state index >= 15 is 0 Å². The number of rotatable bonds is 5. The lowest BCUT2D eigenvalue weighted by Gasteiger charge is -2.13. The molecule has 1 aliphatic heterocycles. The highest BCUT2D eigenvalue weighted by atomic mass is 32.1. The number of carbonyl (C=O) groups excluding carboxylic acids is 2. The maximum atomic E-state index is 11.9. The topological polar surface area (TPSA) is 62.3 Å². The predicted molar refractivity (Wildman–Crippen MR) is 64.4 cm³/mol.